The van der Waals surface area contributed by atoms with Crippen LogP contribution in [0.25, 0.3) is 22.3 Å². The molecule has 0 aromatic heterocycles. The molecule has 0 fully saturated rings. The number of hydrogen-bond acceptors (Lipinski definition) is 1. The van der Waals surface area contributed by atoms with E-state index in [0.29, 0.717) is 6.61 Å². The van der Waals surface area contributed by atoms with Crippen LogP contribution in [0.3, 0.4) is 0 Å². The molecule has 0 N–H and O–H groups in total. The maximum absolute atomic E-state index is 6.25. The molecule has 0 bridgehead atoms. The molecule has 0 amide bonds. The third-order valence-electron chi connectivity index (χ3n) is 4.16. The predicted molar refractivity (Wildman–Crippen MR) is 110 cm³/mol. The maximum Gasteiger partial charge on any atom is 0.134 e. The van der Waals surface area contributed by atoms with Gasteiger partial charge in [-0.3, -0.25) is 0 Å². The molecule has 3 rings (SSSR count). The first-order chi connectivity index (χ1) is 12.9. The molecule has 0 heterocycles. The molecular weight excluding hydrogens is 316 g/mol. The van der Waals surface area contributed by atoms with Crippen LogP contribution in [-0.2, 0) is 0 Å². The molecule has 3 aromatic carbocycles. The zero-order valence-corrected chi connectivity index (χ0v) is 15.2. The highest BCUT2D eigenvalue weighted by Crippen LogP contribution is 2.39. The minimum absolute atomic E-state index is 0.598. The number of para-hydroxylation sites is 1. The summed E-state index contributed by atoms with van der Waals surface area (Å²) in [6.45, 7) is 2.74. The second-order valence-corrected chi connectivity index (χ2v) is 6.12. The molecule has 1 nitrogen and oxygen atoms in total. The Kier molecular flexibility index (Phi) is 6.51. The van der Waals surface area contributed by atoms with Crippen LogP contribution in [0.2, 0.25) is 0 Å². The third-order valence-corrected chi connectivity index (χ3v) is 4.16. The molecule has 0 saturated heterocycles. The van der Waals surface area contributed by atoms with Gasteiger partial charge in [0, 0.05) is 24.0 Å². The van der Waals surface area contributed by atoms with Gasteiger partial charge in [-0.1, -0.05) is 91.7 Å². The zero-order valence-electron chi connectivity index (χ0n) is 15.2. The normalized spacial score (nSPS) is 10.0. The number of benzene rings is 3. The highest BCUT2D eigenvalue weighted by Gasteiger charge is 2.12. The third kappa shape index (κ3) is 4.55. The molecule has 0 aliphatic carbocycles. The number of unbranched alkanes of at least 4 members (excludes halogenated alkanes) is 1. The Morgan fingerprint density at radius 2 is 1.19 bits per heavy atom. The monoisotopic (exact) mass is 340 g/mol. The molecule has 130 valence electrons. The maximum atomic E-state index is 6.25. The Labute approximate surface area is 156 Å². The van der Waals surface area contributed by atoms with E-state index in [-0.39, 0.29) is 0 Å². The minimum atomic E-state index is 0.598. The van der Waals surface area contributed by atoms with Gasteiger partial charge in [0.1, 0.15) is 5.75 Å². The average molecular weight is 340 g/mol. The zero-order chi connectivity index (χ0) is 18.0. The van der Waals surface area contributed by atoms with Gasteiger partial charge in [0.25, 0.3) is 0 Å². The first kappa shape index (κ1) is 17.8. The molecule has 0 radical (unpaired) electrons. The minimum Gasteiger partial charge on any atom is -0.491 e. The van der Waals surface area contributed by atoms with Gasteiger partial charge in [0.05, 0.1) is 6.61 Å². The molecule has 3 aromatic rings. The van der Waals surface area contributed by atoms with Crippen LogP contribution in [0, 0.1) is 11.8 Å². The van der Waals surface area contributed by atoms with Crippen LogP contribution in [0.1, 0.15) is 26.2 Å². The number of ether oxygens (including phenoxy) is 1. The van der Waals surface area contributed by atoms with E-state index in [1.807, 2.05) is 12.1 Å². The highest BCUT2D eigenvalue weighted by molar-refractivity contribution is 5.82. The van der Waals surface area contributed by atoms with Gasteiger partial charge in [0.15, 0.2) is 0 Å². The Balaban J connectivity index is 1.94. The molecular formula is C25H24O. The van der Waals surface area contributed by atoms with E-state index in [1.54, 1.807) is 0 Å². The summed E-state index contributed by atoms with van der Waals surface area (Å²) in [6, 6.07) is 27.2. The summed E-state index contributed by atoms with van der Waals surface area (Å²) in [6.07, 6.45) is 2.80. The summed E-state index contributed by atoms with van der Waals surface area (Å²) in [4.78, 5) is 0. The van der Waals surface area contributed by atoms with Crippen LogP contribution in [0.4, 0.5) is 0 Å². The van der Waals surface area contributed by atoms with Gasteiger partial charge in [0.2, 0.25) is 0 Å². The lowest BCUT2D eigenvalue weighted by molar-refractivity contribution is 0.330. The lowest BCUT2D eigenvalue weighted by atomic mass is 9.97. The van der Waals surface area contributed by atoms with E-state index in [4.69, 9.17) is 4.74 Å². The van der Waals surface area contributed by atoms with Crippen LogP contribution in [0.5, 0.6) is 5.75 Å². The quantitative estimate of drug-likeness (QED) is 0.363. The molecule has 0 unspecified atom stereocenters. The molecule has 0 atom stereocenters. The summed E-state index contributed by atoms with van der Waals surface area (Å²) in [7, 11) is 0. The first-order valence-electron chi connectivity index (χ1n) is 9.22. The molecule has 26 heavy (non-hydrogen) atoms. The first-order valence-corrected chi connectivity index (χ1v) is 9.22. The Morgan fingerprint density at radius 3 is 1.73 bits per heavy atom. The molecule has 0 aliphatic heterocycles. The highest BCUT2D eigenvalue weighted by atomic mass is 16.5. The van der Waals surface area contributed by atoms with Gasteiger partial charge >= 0.3 is 0 Å². The Morgan fingerprint density at radius 1 is 0.654 bits per heavy atom. The van der Waals surface area contributed by atoms with Crippen molar-refractivity contribution < 1.29 is 4.74 Å². The summed E-state index contributed by atoms with van der Waals surface area (Å²) < 4.78 is 6.25. The Hall–Kier alpha value is -2.98. The van der Waals surface area contributed by atoms with E-state index >= 15 is 0 Å². The molecule has 0 aliphatic rings. The molecule has 0 saturated carbocycles. The van der Waals surface area contributed by atoms with Crippen LogP contribution < -0.4 is 4.74 Å². The van der Waals surface area contributed by atoms with Gasteiger partial charge in [-0.05, 0) is 17.5 Å². The van der Waals surface area contributed by atoms with E-state index < -0.39 is 0 Å². The largest absolute Gasteiger partial charge is 0.491 e. The number of hydrogen-bond donors (Lipinski definition) is 0. The fourth-order valence-electron chi connectivity index (χ4n) is 2.89. The standard InChI is InChI=1S/C25H24O/c1-2-3-4-5-12-20-26-25-23(21-14-8-6-9-15-21)18-13-19-24(25)22-16-10-7-11-17-22/h6-11,13-19H,2-3,12,20H2,1H3. The van der Waals surface area contributed by atoms with Crippen molar-refractivity contribution in [2.75, 3.05) is 6.61 Å². The fourth-order valence-corrected chi connectivity index (χ4v) is 2.89. The van der Waals surface area contributed by atoms with Crippen molar-refractivity contribution in [1.29, 1.82) is 0 Å². The number of rotatable bonds is 6. The lowest BCUT2D eigenvalue weighted by Crippen LogP contribution is -2.00. The van der Waals surface area contributed by atoms with E-state index in [1.165, 1.54) is 0 Å². The van der Waals surface area contributed by atoms with Gasteiger partial charge in [-0.15, -0.1) is 5.92 Å². The van der Waals surface area contributed by atoms with Crippen LogP contribution in [-0.4, -0.2) is 6.61 Å². The summed E-state index contributed by atoms with van der Waals surface area (Å²) in [5.74, 6) is 7.32. The van der Waals surface area contributed by atoms with E-state index in [2.05, 4.69) is 85.5 Å². The second kappa shape index (κ2) is 9.49. The van der Waals surface area contributed by atoms with Gasteiger partial charge < -0.3 is 4.74 Å². The average Bonchev–Trinajstić information content (AvgIpc) is 2.72. The van der Waals surface area contributed by atoms with E-state index in [9.17, 15) is 0 Å². The second-order valence-electron chi connectivity index (χ2n) is 6.12. The topological polar surface area (TPSA) is 9.23 Å². The molecule has 1 heteroatoms. The summed E-state index contributed by atoms with van der Waals surface area (Å²) in [5.41, 5.74) is 4.57. The van der Waals surface area contributed by atoms with Crippen LogP contribution in [0.15, 0.2) is 78.9 Å². The van der Waals surface area contributed by atoms with Crippen molar-refractivity contribution in [2.24, 2.45) is 0 Å². The van der Waals surface area contributed by atoms with Crippen molar-refractivity contribution in [3.05, 3.63) is 78.9 Å². The van der Waals surface area contributed by atoms with Crippen molar-refractivity contribution in [1.82, 2.24) is 0 Å². The van der Waals surface area contributed by atoms with Crippen molar-refractivity contribution >= 4 is 0 Å². The van der Waals surface area contributed by atoms with Crippen molar-refractivity contribution in [3.8, 4) is 39.8 Å². The van der Waals surface area contributed by atoms with E-state index in [0.717, 1.165) is 47.3 Å². The predicted octanol–water partition coefficient (Wildman–Crippen LogP) is 6.59. The fraction of sp³-hybridized carbons (Fsp3) is 0.200. The summed E-state index contributed by atoms with van der Waals surface area (Å²) >= 11 is 0. The summed E-state index contributed by atoms with van der Waals surface area (Å²) in [5, 5.41) is 0. The van der Waals surface area contributed by atoms with Crippen molar-refractivity contribution in [2.45, 2.75) is 26.2 Å². The molecule has 0 spiro atoms. The van der Waals surface area contributed by atoms with Gasteiger partial charge in [-0.2, -0.15) is 0 Å². The Bertz CT molecular complexity index is 813. The van der Waals surface area contributed by atoms with Crippen molar-refractivity contribution in [3.63, 3.8) is 0 Å². The SMILES string of the molecule is CCCC#CCCOc1c(-c2ccccc2)cccc1-c1ccccc1. The van der Waals surface area contributed by atoms with Crippen LogP contribution >= 0.6 is 0 Å². The smallest absolute Gasteiger partial charge is 0.134 e. The van der Waals surface area contributed by atoms with Gasteiger partial charge in [-0.25, -0.2) is 0 Å². The lowest BCUT2D eigenvalue weighted by Gasteiger charge is -2.16.